The number of rotatable bonds is 2. The predicted molar refractivity (Wildman–Crippen MR) is 49.4 cm³/mol. The second-order valence-corrected chi connectivity index (χ2v) is 2.50. The van der Waals surface area contributed by atoms with E-state index in [0.717, 1.165) is 0 Å². The summed E-state index contributed by atoms with van der Waals surface area (Å²) in [4.78, 5) is 3.77. The number of alkyl halides is 1. The van der Waals surface area contributed by atoms with Crippen molar-refractivity contribution in [2.24, 2.45) is 5.73 Å². The van der Waals surface area contributed by atoms with E-state index < -0.39 is 12.7 Å². The van der Waals surface area contributed by atoms with Gasteiger partial charge in [0.25, 0.3) is 0 Å². The van der Waals surface area contributed by atoms with Gasteiger partial charge in [-0.15, -0.1) is 12.4 Å². The van der Waals surface area contributed by atoms with Gasteiger partial charge in [0.1, 0.15) is 11.8 Å². The van der Waals surface area contributed by atoms with Crippen LogP contribution in [0.3, 0.4) is 0 Å². The van der Waals surface area contributed by atoms with Crippen molar-refractivity contribution >= 4 is 24.0 Å². The molecule has 1 heterocycles. The minimum atomic E-state index is -0.656. The highest BCUT2D eigenvalue weighted by molar-refractivity contribution is 6.30. The molecule has 0 aliphatic rings. The Morgan fingerprint density at radius 1 is 1.67 bits per heavy atom. The quantitative estimate of drug-likeness (QED) is 0.761. The normalized spacial score (nSPS) is 11.9. The van der Waals surface area contributed by atoms with Crippen LogP contribution in [-0.4, -0.2) is 11.7 Å². The number of hydrogen-bond acceptors (Lipinski definition) is 2. The highest BCUT2D eigenvalue weighted by Gasteiger charge is 2.08. The van der Waals surface area contributed by atoms with Crippen LogP contribution in [0.25, 0.3) is 0 Å². The molecule has 1 aromatic rings. The van der Waals surface area contributed by atoms with Crippen molar-refractivity contribution < 1.29 is 4.39 Å². The number of pyridine rings is 1. The van der Waals surface area contributed by atoms with E-state index in [4.69, 9.17) is 17.3 Å². The Bertz CT molecular complexity index is 245. The van der Waals surface area contributed by atoms with Crippen molar-refractivity contribution in [2.45, 2.75) is 6.04 Å². The van der Waals surface area contributed by atoms with Crippen LogP contribution in [0.1, 0.15) is 11.6 Å². The van der Waals surface area contributed by atoms with Crippen molar-refractivity contribution in [2.75, 3.05) is 6.67 Å². The van der Waals surface area contributed by atoms with E-state index in [-0.39, 0.29) is 17.6 Å². The fourth-order valence-corrected chi connectivity index (χ4v) is 1.02. The Morgan fingerprint density at radius 2 is 2.33 bits per heavy atom. The van der Waals surface area contributed by atoms with E-state index in [0.29, 0.717) is 5.56 Å². The molecule has 0 saturated heterocycles. The summed E-state index contributed by atoms with van der Waals surface area (Å²) in [6.07, 6.45) is 1.54. The molecule has 5 heteroatoms. The van der Waals surface area contributed by atoms with Gasteiger partial charge >= 0.3 is 0 Å². The van der Waals surface area contributed by atoms with Crippen LogP contribution in [-0.2, 0) is 0 Å². The van der Waals surface area contributed by atoms with Crippen LogP contribution in [0.4, 0.5) is 4.39 Å². The third-order valence-corrected chi connectivity index (χ3v) is 1.67. The molecule has 0 bridgehead atoms. The zero-order valence-corrected chi connectivity index (χ0v) is 7.78. The first-order chi connectivity index (χ1) is 5.25. The third kappa shape index (κ3) is 2.59. The van der Waals surface area contributed by atoms with E-state index in [9.17, 15) is 4.39 Å². The lowest BCUT2D eigenvalue weighted by Crippen LogP contribution is -2.12. The van der Waals surface area contributed by atoms with Crippen LogP contribution in [0.15, 0.2) is 18.3 Å². The number of hydrogen-bond donors (Lipinski definition) is 1. The smallest absolute Gasteiger partial charge is 0.133 e. The van der Waals surface area contributed by atoms with Crippen LogP contribution in [0, 0.1) is 0 Å². The summed E-state index contributed by atoms with van der Waals surface area (Å²) in [5.41, 5.74) is 5.95. The molecule has 0 amide bonds. The van der Waals surface area contributed by atoms with E-state index >= 15 is 0 Å². The SMILES string of the molecule is Cl.N[C@H](CF)c1cccnc1Cl. The van der Waals surface area contributed by atoms with Gasteiger partial charge in [0.15, 0.2) is 0 Å². The molecule has 0 radical (unpaired) electrons. The maximum Gasteiger partial charge on any atom is 0.133 e. The number of nitrogens with zero attached hydrogens (tertiary/aromatic N) is 1. The van der Waals surface area contributed by atoms with Gasteiger partial charge in [-0.25, -0.2) is 9.37 Å². The Hall–Kier alpha value is -0.380. The maximum absolute atomic E-state index is 12.0. The topological polar surface area (TPSA) is 38.9 Å². The number of halogens is 3. The monoisotopic (exact) mass is 210 g/mol. The van der Waals surface area contributed by atoms with Crippen molar-refractivity contribution in [3.8, 4) is 0 Å². The Morgan fingerprint density at radius 3 is 2.83 bits per heavy atom. The highest BCUT2D eigenvalue weighted by Crippen LogP contribution is 2.18. The first-order valence-electron chi connectivity index (χ1n) is 3.17. The Kier molecular flexibility index (Phi) is 5.13. The minimum absolute atomic E-state index is 0. The molecule has 12 heavy (non-hydrogen) atoms. The molecule has 0 aromatic carbocycles. The van der Waals surface area contributed by atoms with Gasteiger partial charge in [-0.05, 0) is 6.07 Å². The summed E-state index contributed by atoms with van der Waals surface area (Å²) in [5.74, 6) is 0. The average molecular weight is 211 g/mol. The lowest BCUT2D eigenvalue weighted by Gasteiger charge is -2.07. The molecule has 0 fully saturated rings. The molecule has 0 spiro atoms. The van der Waals surface area contributed by atoms with E-state index in [1.807, 2.05) is 0 Å². The Balaban J connectivity index is 0.00000121. The average Bonchev–Trinajstić information content (AvgIpc) is 2.04. The fourth-order valence-electron chi connectivity index (χ4n) is 0.758. The van der Waals surface area contributed by atoms with Gasteiger partial charge in [0.2, 0.25) is 0 Å². The maximum atomic E-state index is 12.0. The number of nitrogens with two attached hydrogens (primary N) is 1. The van der Waals surface area contributed by atoms with E-state index in [1.54, 1.807) is 12.1 Å². The molecule has 0 aliphatic carbocycles. The summed E-state index contributed by atoms with van der Waals surface area (Å²) in [6.45, 7) is -0.620. The zero-order chi connectivity index (χ0) is 8.27. The molecule has 0 unspecified atom stereocenters. The molecular weight excluding hydrogens is 202 g/mol. The first kappa shape index (κ1) is 11.6. The first-order valence-corrected chi connectivity index (χ1v) is 3.55. The largest absolute Gasteiger partial charge is 0.322 e. The van der Waals surface area contributed by atoms with Crippen molar-refractivity contribution in [1.29, 1.82) is 0 Å². The summed E-state index contributed by atoms with van der Waals surface area (Å²) >= 11 is 5.64. The third-order valence-electron chi connectivity index (χ3n) is 1.35. The van der Waals surface area contributed by atoms with Gasteiger partial charge in [-0.2, -0.15) is 0 Å². The van der Waals surface area contributed by atoms with Crippen LogP contribution in [0.2, 0.25) is 5.15 Å². The van der Waals surface area contributed by atoms with Crippen molar-refractivity contribution in [3.63, 3.8) is 0 Å². The Labute approximate surface area is 81.3 Å². The summed E-state index contributed by atoms with van der Waals surface area (Å²) in [7, 11) is 0. The molecule has 2 N–H and O–H groups in total. The summed E-state index contributed by atoms with van der Waals surface area (Å²) < 4.78 is 12.0. The predicted octanol–water partition coefficient (Wildman–Crippen LogP) is 2.13. The number of aromatic nitrogens is 1. The van der Waals surface area contributed by atoms with Gasteiger partial charge in [-0.1, -0.05) is 17.7 Å². The highest BCUT2D eigenvalue weighted by atomic mass is 35.5. The molecule has 68 valence electrons. The summed E-state index contributed by atoms with van der Waals surface area (Å²) in [5, 5.41) is 0.276. The molecule has 1 atom stereocenters. The molecule has 2 nitrogen and oxygen atoms in total. The van der Waals surface area contributed by atoms with E-state index in [2.05, 4.69) is 4.98 Å². The lowest BCUT2D eigenvalue weighted by atomic mass is 10.1. The lowest BCUT2D eigenvalue weighted by molar-refractivity contribution is 0.436. The van der Waals surface area contributed by atoms with Crippen LogP contribution < -0.4 is 5.73 Å². The molecule has 0 saturated carbocycles. The second kappa shape index (κ2) is 5.30. The van der Waals surface area contributed by atoms with Gasteiger partial charge in [-0.3, -0.25) is 0 Å². The molecule has 0 aliphatic heterocycles. The van der Waals surface area contributed by atoms with Crippen LogP contribution >= 0.6 is 24.0 Å². The van der Waals surface area contributed by atoms with Gasteiger partial charge in [0, 0.05) is 11.8 Å². The van der Waals surface area contributed by atoms with Gasteiger partial charge in [0.05, 0.1) is 6.04 Å². The molecular formula is C7H9Cl2FN2. The second-order valence-electron chi connectivity index (χ2n) is 2.14. The van der Waals surface area contributed by atoms with Crippen molar-refractivity contribution in [3.05, 3.63) is 29.0 Å². The fraction of sp³-hybridized carbons (Fsp3) is 0.286. The minimum Gasteiger partial charge on any atom is -0.322 e. The van der Waals surface area contributed by atoms with Gasteiger partial charge < -0.3 is 5.73 Å². The summed E-state index contributed by atoms with van der Waals surface area (Å²) in [6, 6.07) is 2.69. The molecule has 1 rings (SSSR count). The molecule has 1 aromatic heterocycles. The van der Waals surface area contributed by atoms with Crippen LogP contribution in [0.5, 0.6) is 0 Å². The van der Waals surface area contributed by atoms with E-state index in [1.165, 1.54) is 6.20 Å². The zero-order valence-electron chi connectivity index (χ0n) is 6.21. The standard InChI is InChI=1S/C7H8ClFN2.ClH/c8-7-5(6(10)4-9)2-1-3-11-7;/h1-3,6H,4,10H2;1H/t6-;/m1./s1. The van der Waals surface area contributed by atoms with Crippen molar-refractivity contribution in [1.82, 2.24) is 4.98 Å².